The van der Waals surface area contributed by atoms with Gasteiger partial charge in [0, 0.05) is 48.5 Å². The van der Waals surface area contributed by atoms with Crippen LogP contribution in [0.2, 0.25) is 0 Å². The summed E-state index contributed by atoms with van der Waals surface area (Å²) in [7, 11) is -0.833. The van der Waals surface area contributed by atoms with E-state index in [1.807, 2.05) is 35.2 Å². The van der Waals surface area contributed by atoms with Gasteiger partial charge in [-0.3, -0.25) is 13.9 Å². The molecule has 6 heteroatoms. The summed E-state index contributed by atoms with van der Waals surface area (Å²) in [5.74, 6) is 1.60. The summed E-state index contributed by atoms with van der Waals surface area (Å²) < 4.78 is 12.0. The van der Waals surface area contributed by atoms with Crippen LogP contribution < -0.4 is 0 Å². The van der Waals surface area contributed by atoms with Crippen molar-refractivity contribution in [2.24, 2.45) is 5.92 Å². The molecule has 0 spiro atoms. The van der Waals surface area contributed by atoms with Crippen LogP contribution in [0.5, 0.6) is 0 Å². The Kier molecular flexibility index (Phi) is 6.25. The minimum atomic E-state index is -0.833. The number of carbonyl (C=O) groups excluding carboxylic acids is 1. The number of carbonyl (C=O) groups is 1. The molecule has 0 saturated carbocycles. The van der Waals surface area contributed by atoms with E-state index in [0.29, 0.717) is 37.4 Å². The van der Waals surface area contributed by atoms with E-state index in [1.54, 1.807) is 0 Å². The van der Waals surface area contributed by atoms with Crippen LogP contribution in [-0.2, 0) is 15.6 Å². The molecule has 0 aromatic heterocycles. The highest BCUT2D eigenvalue weighted by Crippen LogP contribution is 2.27. The Hall–Kier alpha value is -1.24. The van der Waals surface area contributed by atoms with Gasteiger partial charge in [0.2, 0.25) is 5.91 Å². The van der Waals surface area contributed by atoms with Crippen molar-refractivity contribution >= 4 is 16.7 Å². The number of hydrogen-bond donors (Lipinski definition) is 1. The van der Waals surface area contributed by atoms with E-state index in [0.717, 1.165) is 18.7 Å². The van der Waals surface area contributed by atoms with Crippen LogP contribution in [0, 0.1) is 5.92 Å². The SMILES string of the molecule is CC1CN(C(=O)C(c2ccccc2)N2CCC(O)CC2)CCS(=O)C1. The van der Waals surface area contributed by atoms with Gasteiger partial charge in [0.05, 0.1) is 6.10 Å². The molecule has 2 fully saturated rings. The van der Waals surface area contributed by atoms with Crippen molar-refractivity contribution < 1.29 is 14.1 Å². The normalized spacial score (nSPS) is 27.7. The molecule has 1 N–H and O–H groups in total. The molecule has 2 aliphatic rings. The van der Waals surface area contributed by atoms with E-state index in [-0.39, 0.29) is 24.0 Å². The van der Waals surface area contributed by atoms with Crippen LogP contribution in [0.4, 0.5) is 0 Å². The number of benzene rings is 1. The van der Waals surface area contributed by atoms with Crippen molar-refractivity contribution in [2.45, 2.75) is 31.9 Å². The van der Waals surface area contributed by atoms with Crippen molar-refractivity contribution in [2.75, 3.05) is 37.7 Å². The molecule has 3 atom stereocenters. The molecule has 1 aromatic carbocycles. The molecule has 2 aliphatic heterocycles. The van der Waals surface area contributed by atoms with Crippen LogP contribution >= 0.6 is 0 Å². The Morgan fingerprint density at radius 2 is 1.88 bits per heavy atom. The average molecular weight is 365 g/mol. The third-order valence-corrected chi connectivity index (χ3v) is 6.70. The quantitative estimate of drug-likeness (QED) is 0.881. The Labute approximate surface area is 152 Å². The second kappa shape index (κ2) is 8.43. The second-order valence-electron chi connectivity index (χ2n) is 7.28. The van der Waals surface area contributed by atoms with Crippen molar-refractivity contribution in [1.82, 2.24) is 9.80 Å². The van der Waals surface area contributed by atoms with Gasteiger partial charge in [-0.05, 0) is 24.3 Å². The lowest BCUT2D eigenvalue weighted by Crippen LogP contribution is -2.47. The fraction of sp³-hybridized carbons (Fsp3) is 0.632. The predicted molar refractivity (Wildman–Crippen MR) is 99.6 cm³/mol. The van der Waals surface area contributed by atoms with Gasteiger partial charge in [-0.25, -0.2) is 0 Å². The molecule has 5 nitrogen and oxygen atoms in total. The van der Waals surface area contributed by atoms with Crippen molar-refractivity contribution in [3.8, 4) is 0 Å². The minimum absolute atomic E-state index is 0.105. The molecule has 138 valence electrons. The van der Waals surface area contributed by atoms with Crippen LogP contribution in [-0.4, -0.2) is 68.8 Å². The first kappa shape index (κ1) is 18.5. The summed E-state index contributed by atoms with van der Waals surface area (Å²) in [5, 5.41) is 9.81. The van der Waals surface area contributed by atoms with E-state index in [4.69, 9.17) is 0 Å². The molecule has 1 amide bonds. The lowest BCUT2D eigenvalue weighted by Gasteiger charge is -2.38. The molecule has 3 rings (SSSR count). The van der Waals surface area contributed by atoms with Gasteiger partial charge in [0.15, 0.2) is 0 Å². The van der Waals surface area contributed by atoms with Crippen LogP contribution in [0.25, 0.3) is 0 Å². The van der Waals surface area contributed by atoms with Gasteiger partial charge in [-0.1, -0.05) is 37.3 Å². The van der Waals surface area contributed by atoms with E-state index in [1.165, 1.54) is 0 Å². The van der Waals surface area contributed by atoms with Gasteiger partial charge in [0.1, 0.15) is 6.04 Å². The largest absolute Gasteiger partial charge is 0.393 e. The Morgan fingerprint density at radius 1 is 1.20 bits per heavy atom. The number of aliphatic hydroxyl groups excluding tert-OH is 1. The zero-order chi connectivity index (χ0) is 17.8. The number of piperidine rings is 1. The summed E-state index contributed by atoms with van der Waals surface area (Å²) in [6.45, 7) is 4.75. The zero-order valence-electron chi connectivity index (χ0n) is 14.8. The average Bonchev–Trinajstić information content (AvgIpc) is 2.78. The van der Waals surface area contributed by atoms with Gasteiger partial charge in [-0.15, -0.1) is 0 Å². The van der Waals surface area contributed by atoms with E-state index >= 15 is 0 Å². The zero-order valence-corrected chi connectivity index (χ0v) is 15.7. The summed E-state index contributed by atoms with van der Waals surface area (Å²) in [6, 6.07) is 9.60. The van der Waals surface area contributed by atoms with Crippen LogP contribution in [0.15, 0.2) is 30.3 Å². The highest BCUT2D eigenvalue weighted by molar-refractivity contribution is 7.85. The highest BCUT2D eigenvalue weighted by atomic mass is 32.2. The molecule has 25 heavy (non-hydrogen) atoms. The van der Waals surface area contributed by atoms with Crippen molar-refractivity contribution in [1.29, 1.82) is 0 Å². The smallest absolute Gasteiger partial charge is 0.244 e. The molecule has 0 bridgehead atoms. The summed E-state index contributed by atoms with van der Waals surface area (Å²) in [6.07, 6.45) is 1.15. The number of amides is 1. The number of hydrogen-bond acceptors (Lipinski definition) is 4. The molecule has 2 saturated heterocycles. The molecule has 0 aliphatic carbocycles. The van der Waals surface area contributed by atoms with Gasteiger partial charge >= 0.3 is 0 Å². The molecule has 0 radical (unpaired) electrons. The third-order valence-electron chi connectivity index (χ3n) is 5.12. The summed E-state index contributed by atoms with van der Waals surface area (Å²) in [4.78, 5) is 17.5. The van der Waals surface area contributed by atoms with E-state index < -0.39 is 10.8 Å². The lowest BCUT2D eigenvalue weighted by molar-refractivity contribution is -0.138. The van der Waals surface area contributed by atoms with Crippen LogP contribution in [0.3, 0.4) is 0 Å². The maximum absolute atomic E-state index is 13.4. The molecular formula is C19H28N2O3S. The maximum Gasteiger partial charge on any atom is 0.244 e. The predicted octanol–water partition coefficient (Wildman–Crippen LogP) is 1.41. The molecule has 2 heterocycles. The van der Waals surface area contributed by atoms with Crippen molar-refractivity contribution in [3.63, 3.8) is 0 Å². The standard InChI is InChI=1S/C19H28N2O3S/c1-15-13-21(11-12-25(24)14-15)19(23)18(16-5-3-2-4-6-16)20-9-7-17(22)8-10-20/h2-6,15,17-18,22H,7-14H2,1H3. The summed E-state index contributed by atoms with van der Waals surface area (Å²) >= 11 is 0. The first-order valence-electron chi connectivity index (χ1n) is 9.15. The number of rotatable bonds is 3. The molecule has 3 unspecified atom stereocenters. The van der Waals surface area contributed by atoms with Crippen LogP contribution in [0.1, 0.15) is 31.4 Å². The molecular weight excluding hydrogens is 336 g/mol. The van der Waals surface area contributed by atoms with Gasteiger partial charge in [0.25, 0.3) is 0 Å². The second-order valence-corrected chi connectivity index (χ2v) is 8.90. The minimum Gasteiger partial charge on any atom is -0.393 e. The topological polar surface area (TPSA) is 60.9 Å². The van der Waals surface area contributed by atoms with Crippen molar-refractivity contribution in [3.05, 3.63) is 35.9 Å². The first-order valence-corrected chi connectivity index (χ1v) is 10.6. The molecule has 1 aromatic rings. The fourth-order valence-electron chi connectivity index (χ4n) is 3.79. The lowest BCUT2D eigenvalue weighted by atomic mass is 9.99. The van der Waals surface area contributed by atoms with E-state index in [2.05, 4.69) is 11.8 Å². The van der Waals surface area contributed by atoms with E-state index in [9.17, 15) is 14.1 Å². The first-order chi connectivity index (χ1) is 12.0. The fourth-order valence-corrected chi connectivity index (χ4v) is 5.13. The van der Waals surface area contributed by atoms with Gasteiger partial charge in [-0.2, -0.15) is 0 Å². The third kappa shape index (κ3) is 4.68. The Morgan fingerprint density at radius 3 is 2.56 bits per heavy atom. The Bertz CT molecular complexity index is 602. The number of nitrogens with zero attached hydrogens (tertiary/aromatic N) is 2. The monoisotopic (exact) mass is 364 g/mol. The Balaban J connectivity index is 1.83. The highest BCUT2D eigenvalue weighted by Gasteiger charge is 2.34. The maximum atomic E-state index is 13.4. The number of aliphatic hydroxyl groups is 1. The number of likely N-dealkylation sites (tertiary alicyclic amines) is 1. The van der Waals surface area contributed by atoms with Gasteiger partial charge < -0.3 is 10.0 Å². The summed E-state index contributed by atoms with van der Waals surface area (Å²) in [5.41, 5.74) is 1.00.